The zero-order chi connectivity index (χ0) is 13.8. The fraction of sp³-hybridized carbons (Fsp3) is 0.846. The number of amides is 1. The van der Waals surface area contributed by atoms with Crippen molar-refractivity contribution >= 4 is 12.4 Å². The van der Waals surface area contributed by atoms with Gasteiger partial charge in [-0.25, -0.2) is 0 Å². The molecule has 0 saturated heterocycles. The summed E-state index contributed by atoms with van der Waals surface area (Å²) in [5.74, 6) is -0.761. The Balaban J connectivity index is 2.55. The monoisotopic (exact) mass is 257 g/mol. The molecule has 1 fully saturated rings. The molecule has 0 aromatic heterocycles. The Kier molecular flexibility index (Phi) is 5.14. The van der Waals surface area contributed by atoms with Crippen molar-refractivity contribution in [1.82, 2.24) is 5.32 Å². The minimum Gasteiger partial charge on any atom is -0.481 e. The van der Waals surface area contributed by atoms with Gasteiger partial charge in [0.15, 0.2) is 0 Å². The third kappa shape index (κ3) is 4.64. The van der Waals surface area contributed by atoms with E-state index >= 15 is 0 Å². The first-order chi connectivity index (χ1) is 8.33. The van der Waals surface area contributed by atoms with Gasteiger partial charge in [0.2, 0.25) is 6.41 Å². The molecule has 1 saturated carbocycles. The first kappa shape index (κ1) is 15.0. The van der Waals surface area contributed by atoms with Gasteiger partial charge in [-0.05, 0) is 46.5 Å². The van der Waals surface area contributed by atoms with Gasteiger partial charge in [-0.1, -0.05) is 0 Å². The molecule has 0 aromatic rings. The highest BCUT2D eigenvalue weighted by Crippen LogP contribution is 2.32. The highest BCUT2D eigenvalue weighted by Gasteiger charge is 2.32. The number of ether oxygens (including phenoxy) is 1. The molecule has 18 heavy (non-hydrogen) atoms. The smallest absolute Gasteiger partial charge is 0.306 e. The molecule has 0 radical (unpaired) electrons. The number of hydrogen-bond donors (Lipinski definition) is 2. The van der Waals surface area contributed by atoms with Gasteiger partial charge in [0.1, 0.15) is 6.23 Å². The van der Waals surface area contributed by atoms with Crippen molar-refractivity contribution in [2.24, 2.45) is 11.8 Å². The Morgan fingerprint density at radius 1 is 1.33 bits per heavy atom. The first-order valence-electron chi connectivity index (χ1n) is 6.44. The maximum absolute atomic E-state index is 10.9. The summed E-state index contributed by atoms with van der Waals surface area (Å²) in [4.78, 5) is 21.5. The fourth-order valence-electron chi connectivity index (χ4n) is 2.38. The van der Waals surface area contributed by atoms with Gasteiger partial charge >= 0.3 is 5.97 Å². The summed E-state index contributed by atoms with van der Waals surface area (Å²) >= 11 is 0. The van der Waals surface area contributed by atoms with Crippen LogP contribution in [0.4, 0.5) is 0 Å². The predicted molar refractivity (Wildman–Crippen MR) is 66.9 cm³/mol. The average molecular weight is 257 g/mol. The lowest BCUT2D eigenvalue weighted by atomic mass is 9.81. The van der Waals surface area contributed by atoms with Gasteiger partial charge in [-0.3, -0.25) is 9.59 Å². The Bertz CT molecular complexity index is 290. The Morgan fingerprint density at radius 2 is 1.89 bits per heavy atom. The van der Waals surface area contributed by atoms with Crippen LogP contribution >= 0.6 is 0 Å². The minimum absolute atomic E-state index is 0.199. The number of nitrogens with one attached hydrogen (secondary N) is 1. The summed E-state index contributed by atoms with van der Waals surface area (Å²) in [6.07, 6.45) is 3.20. The van der Waals surface area contributed by atoms with Gasteiger partial charge < -0.3 is 15.2 Å². The topological polar surface area (TPSA) is 75.6 Å². The summed E-state index contributed by atoms with van der Waals surface area (Å²) in [5.41, 5.74) is -0.329. The molecule has 1 atom stereocenters. The SMILES string of the molecule is CC(C)(C)OC(NC=O)C1CCC(C(=O)O)CC1. The summed E-state index contributed by atoms with van der Waals surface area (Å²) in [5, 5.41) is 11.7. The lowest BCUT2D eigenvalue weighted by molar-refractivity contribution is -0.146. The molecule has 1 aliphatic carbocycles. The quantitative estimate of drug-likeness (QED) is 0.581. The molecule has 1 rings (SSSR count). The molecule has 2 N–H and O–H groups in total. The normalized spacial score (nSPS) is 26.4. The van der Waals surface area contributed by atoms with Crippen LogP contribution in [0.1, 0.15) is 46.5 Å². The molecule has 5 nitrogen and oxygen atoms in total. The number of carboxylic acids is 1. The molecule has 0 aliphatic heterocycles. The first-order valence-corrected chi connectivity index (χ1v) is 6.44. The van der Waals surface area contributed by atoms with Gasteiger partial charge in [0, 0.05) is 5.92 Å². The zero-order valence-electron chi connectivity index (χ0n) is 11.3. The van der Waals surface area contributed by atoms with Crippen LogP contribution in [0, 0.1) is 11.8 Å². The molecular weight excluding hydrogens is 234 g/mol. The van der Waals surface area contributed by atoms with E-state index < -0.39 is 5.97 Å². The van der Waals surface area contributed by atoms with Gasteiger partial charge in [0.05, 0.1) is 11.5 Å². The highest BCUT2D eigenvalue weighted by molar-refractivity contribution is 5.70. The molecular formula is C13H23NO4. The third-order valence-corrected chi connectivity index (χ3v) is 3.26. The molecule has 5 heteroatoms. The Hall–Kier alpha value is -1.10. The number of carbonyl (C=O) groups excluding carboxylic acids is 1. The molecule has 0 heterocycles. The number of carboxylic acid groups (broad SMARTS) is 1. The summed E-state index contributed by atoms with van der Waals surface area (Å²) in [6.45, 7) is 5.82. The van der Waals surface area contributed by atoms with Crippen LogP contribution in [0.25, 0.3) is 0 Å². The van der Waals surface area contributed by atoms with Crippen LogP contribution < -0.4 is 5.32 Å². The Labute approximate surface area is 108 Å². The number of aliphatic carboxylic acids is 1. The van der Waals surface area contributed by atoms with E-state index in [9.17, 15) is 9.59 Å². The standard InChI is InChI=1S/C13H23NO4/c1-13(2,3)18-11(14-8-15)9-4-6-10(7-5-9)12(16)17/h8-11H,4-7H2,1-3H3,(H,14,15)(H,16,17). The molecule has 0 bridgehead atoms. The summed E-state index contributed by atoms with van der Waals surface area (Å²) in [6, 6.07) is 0. The van der Waals surface area contributed by atoms with Crippen molar-refractivity contribution < 1.29 is 19.4 Å². The van der Waals surface area contributed by atoms with E-state index in [1.165, 1.54) is 0 Å². The predicted octanol–water partition coefficient (Wildman–Crippen LogP) is 1.76. The number of carbonyl (C=O) groups is 2. The van der Waals surface area contributed by atoms with Gasteiger partial charge in [0.25, 0.3) is 0 Å². The largest absolute Gasteiger partial charge is 0.481 e. The van der Waals surface area contributed by atoms with Crippen molar-refractivity contribution in [3.05, 3.63) is 0 Å². The highest BCUT2D eigenvalue weighted by atomic mass is 16.5. The average Bonchev–Trinajstić information content (AvgIpc) is 2.27. The van der Waals surface area contributed by atoms with Crippen LogP contribution in [0.5, 0.6) is 0 Å². The Morgan fingerprint density at radius 3 is 2.28 bits per heavy atom. The van der Waals surface area contributed by atoms with E-state index in [-0.39, 0.29) is 23.7 Å². The van der Waals surface area contributed by atoms with E-state index in [0.717, 1.165) is 12.8 Å². The van der Waals surface area contributed by atoms with Crippen LogP contribution in [-0.2, 0) is 14.3 Å². The lowest BCUT2D eigenvalue weighted by Gasteiger charge is -2.35. The van der Waals surface area contributed by atoms with E-state index in [2.05, 4.69) is 5.32 Å². The van der Waals surface area contributed by atoms with Crippen molar-refractivity contribution in [1.29, 1.82) is 0 Å². The van der Waals surface area contributed by atoms with Crippen LogP contribution in [-0.4, -0.2) is 29.3 Å². The van der Waals surface area contributed by atoms with E-state index in [4.69, 9.17) is 9.84 Å². The van der Waals surface area contributed by atoms with Crippen molar-refractivity contribution in [2.45, 2.75) is 58.3 Å². The summed E-state index contributed by atoms with van der Waals surface area (Å²) < 4.78 is 5.82. The fourth-order valence-corrected chi connectivity index (χ4v) is 2.38. The van der Waals surface area contributed by atoms with Crippen LogP contribution in [0.3, 0.4) is 0 Å². The maximum atomic E-state index is 10.9. The summed E-state index contributed by atoms with van der Waals surface area (Å²) in [7, 11) is 0. The molecule has 0 spiro atoms. The number of hydrogen-bond acceptors (Lipinski definition) is 3. The van der Waals surface area contributed by atoms with Crippen molar-refractivity contribution in [2.75, 3.05) is 0 Å². The molecule has 1 amide bonds. The lowest BCUT2D eigenvalue weighted by Crippen LogP contribution is -2.44. The van der Waals surface area contributed by atoms with E-state index in [1.807, 2.05) is 20.8 Å². The zero-order valence-corrected chi connectivity index (χ0v) is 11.3. The third-order valence-electron chi connectivity index (χ3n) is 3.26. The van der Waals surface area contributed by atoms with Crippen molar-refractivity contribution in [3.8, 4) is 0 Å². The second kappa shape index (κ2) is 6.18. The van der Waals surface area contributed by atoms with E-state index in [0.29, 0.717) is 19.3 Å². The van der Waals surface area contributed by atoms with Crippen molar-refractivity contribution in [3.63, 3.8) is 0 Å². The van der Waals surface area contributed by atoms with Crippen LogP contribution in [0.2, 0.25) is 0 Å². The second-order valence-corrected chi connectivity index (χ2v) is 5.89. The molecule has 0 aromatic carbocycles. The molecule has 1 aliphatic rings. The van der Waals surface area contributed by atoms with Gasteiger partial charge in [-0.2, -0.15) is 0 Å². The minimum atomic E-state index is -0.718. The number of rotatable bonds is 5. The second-order valence-electron chi connectivity index (χ2n) is 5.89. The molecule has 104 valence electrons. The van der Waals surface area contributed by atoms with E-state index in [1.54, 1.807) is 0 Å². The van der Waals surface area contributed by atoms with Gasteiger partial charge in [-0.15, -0.1) is 0 Å². The van der Waals surface area contributed by atoms with Crippen LogP contribution in [0.15, 0.2) is 0 Å². The molecule has 1 unspecified atom stereocenters. The maximum Gasteiger partial charge on any atom is 0.306 e.